The molecule has 7 heteroatoms. The number of nitrogen functional groups attached to an aromatic ring is 1. The van der Waals surface area contributed by atoms with Crippen LogP contribution in [0.1, 0.15) is 25.0 Å². The number of nitrogens with one attached hydrogen (secondary N) is 1. The Balaban J connectivity index is 1.56. The molecule has 2 unspecified atom stereocenters. The van der Waals surface area contributed by atoms with Crippen molar-refractivity contribution in [3.8, 4) is 0 Å². The zero-order chi connectivity index (χ0) is 16.1. The monoisotopic (exact) mass is 317 g/mol. The second-order valence-electron chi connectivity index (χ2n) is 6.67. The maximum absolute atomic E-state index is 13.2. The Bertz CT molecular complexity index is 652. The molecule has 1 amide bonds. The van der Waals surface area contributed by atoms with Crippen LogP contribution >= 0.6 is 0 Å². The quantitative estimate of drug-likeness (QED) is 0.820. The molecule has 6 nitrogen and oxygen atoms in total. The number of rotatable bonds is 3. The minimum atomic E-state index is -0.939. The second-order valence-corrected chi connectivity index (χ2v) is 6.67. The van der Waals surface area contributed by atoms with Crippen LogP contribution in [0.3, 0.4) is 0 Å². The maximum atomic E-state index is 13.2. The van der Waals surface area contributed by atoms with Crippen molar-refractivity contribution < 1.29 is 9.18 Å². The van der Waals surface area contributed by atoms with E-state index in [1.54, 1.807) is 6.20 Å². The van der Waals surface area contributed by atoms with Crippen molar-refractivity contribution in [1.82, 2.24) is 9.88 Å². The van der Waals surface area contributed by atoms with Gasteiger partial charge in [-0.2, -0.15) is 0 Å². The van der Waals surface area contributed by atoms with Crippen LogP contribution in [0.5, 0.6) is 0 Å². The number of amides is 1. The number of nitrogens with zero attached hydrogens (tertiary/aromatic N) is 3. The molecule has 3 heterocycles. The van der Waals surface area contributed by atoms with Crippen LogP contribution < -0.4 is 10.6 Å². The lowest BCUT2D eigenvalue weighted by molar-refractivity contribution is -0.136. The smallest absolute Gasteiger partial charge is 0.229 e. The first-order valence-electron chi connectivity index (χ1n) is 8.06. The van der Waals surface area contributed by atoms with Gasteiger partial charge < -0.3 is 20.9 Å². The van der Waals surface area contributed by atoms with Crippen LogP contribution in [0, 0.1) is 11.3 Å². The lowest BCUT2D eigenvalue weighted by atomic mass is 10.1. The third-order valence-corrected chi connectivity index (χ3v) is 5.24. The van der Waals surface area contributed by atoms with Gasteiger partial charge in [0.15, 0.2) is 0 Å². The molecule has 1 aromatic heterocycles. The number of nitrogens with two attached hydrogens (primary N) is 1. The van der Waals surface area contributed by atoms with E-state index < -0.39 is 12.1 Å². The number of piperazine rings is 1. The molecule has 4 rings (SSSR count). The molecule has 1 aromatic rings. The Hall–Kier alpha value is -2.18. The highest BCUT2D eigenvalue weighted by Crippen LogP contribution is 2.41. The largest absolute Gasteiger partial charge is 0.395 e. The summed E-state index contributed by atoms with van der Waals surface area (Å²) in [4.78, 5) is 20.6. The molecule has 2 aliphatic heterocycles. The highest BCUT2D eigenvalue weighted by atomic mass is 19.1. The molecule has 2 bridgehead atoms. The zero-order valence-electron chi connectivity index (χ0n) is 12.8. The standard InChI is InChI=1S/C16H20FN5O/c17-12-5-11(12)16(23)22-9-1-2-10(22)8-21(7-9)14-3-4-20-13(6-18)15(14)19/h3-4,6,9-12,18H,1-2,5,7-8,19H2/t9?,10?,11-,12-/m1/s1. The Labute approximate surface area is 134 Å². The van der Waals surface area contributed by atoms with E-state index in [-0.39, 0.29) is 18.0 Å². The van der Waals surface area contributed by atoms with Crippen molar-refractivity contribution in [2.24, 2.45) is 5.92 Å². The zero-order valence-corrected chi connectivity index (χ0v) is 12.8. The van der Waals surface area contributed by atoms with E-state index in [9.17, 15) is 9.18 Å². The van der Waals surface area contributed by atoms with E-state index in [2.05, 4.69) is 9.88 Å². The maximum Gasteiger partial charge on any atom is 0.229 e. The number of carbonyl (C=O) groups is 1. The minimum Gasteiger partial charge on any atom is -0.395 e. The minimum absolute atomic E-state index is 0.00692. The Kier molecular flexibility index (Phi) is 3.25. The summed E-state index contributed by atoms with van der Waals surface area (Å²) >= 11 is 0. The predicted molar refractivity (Wildman–Crippen MR) is 85.4 cm³/mol. The SMILES string of the molecule is N=Cc1nccc(N2CC3CCC(C2)N3C(=O)[C@@H]2C[C@H]2F)c1N. The van der Waals surface area contributed by atoms with Gasteiger partial charge in [0.2, 0.25) is 5.91 Å². The molecular weight excluding hydrogens is 297 g/mol. The van der Waals surface area contributed by atoms with Crippen LogP contribution in [-0.4, -0.2) is 53.4 Å². The fraction of sp³-hybridized carbons (Fsp3) is 0.562. The summed E-state index contributed by atoms with van der Waals surface area (Å²) in [5.41, 5.74) is 7.97. The van der Waals surface area contributed by atoms with Gasteiger partial charge in [0.25, 0.3) is 0 Å². The number of hydrogen-bond acceptors (Lipinski definition) is 5. The number of halogens is 1. The van der Waals surface area contributed by atoms with E-state index in [0.717, 1.165) is 24.7 Å². The van der Waals surface area contributed by atoms with Gasteiger partial charge in [0.1, 0.15) is 11.9 Å². The van der Waals surface area contributed by atoms with Gasteiger partial charge >= 0.3 is 0 Å². The molecule has 3 N–H and O–H groups in total. The van der Waals surface area contributed by atoms with Crippen LogP contribution in [0.25, 0.3) is 0 Å². The number of hydrogen-bond donors (Lipinski definition) is 2. The van der Waals surface area contributed by atoms with Gasteiger partial charge in [-0.25, -0.2) is 4.39 Å². The normalized spacial score (nSPS) is 32.0. The fourth-order valence-corrected chi connectivity index (χ4v) is 3.94. The molecule has 1 saturated carbocycles. The van der Waals surface area contributed by atoms with E-state index in [0.29, 0.717) is 30.9 Å². The first-order chi connectivity index (χ1) is 11.1. The fourth-order valence-electron chi connectivity index (χ4n) is 3.94. The number of anilines is 2. The number of alkyl halides is 1. The molecule has 4 atom stereocenters. The summed E-state index contributed by atoms with van der Waals surface area (Å²) in [5.74, 6) is -0.410. The van der Waals surface area contributed by atoms with Crippen LogP contribution in [0.15, 0.2) is 12.3 Å². The van der Waals surface area contributed by atoms with Crippen molar-refractivity contribution in [1.29, 1.82) is 5.41 Å². The molecule has 122 valence electrons. The van der Waals surface area contributed by atoms with Gasteiger partial charge in [-0.1, -0.05) is 0 Å². The second kappa shape index (κ2) is 5.18. The van der Waals surface area contributed by atoms with Gasteiger partial charge in [-0.15, -0.1) is 0 Å². The number of aromatic nitrogens is 1. The van der Waals surface area contributed by atoms with Crippen LogP contribution in [0.2, 0.25) is 0 Å². The summed E-state index contributed by atoms with van der Waals surface area (Å²) in [7, 11) is 0. The predicted octanol–water partition coefficient (Wildman–Crippen LogP) is 1.20. The van der Waals surface area contributed by atoms with Gasteiger partial charge in [-0.3, -0.25) is 9.78 Å². The first kappa shape index (κ1) is 14.4. The summed E-state index contributed by atoms with van der Waals surface area (Å²) in [6.45, 7) is 1.41. The van der Waals surface area contributed by atoms with Gasteiger partial charge in [0.05, 0.1) is 17.3 Å². The molecule has 0 radical (unpaired) electrons. The molecule has 0 aromatic carbocycles. The lowest BCUT2D eigenvalue weighted by Gasteiger charge is -2.42. The Morgan fingerprint density at radius 2 is 2.04 bits per heavy atom. The van der Waals surface area contributed by atoms with Crippen LogP contribution in [0.4, 0.5) is 15.8 Å². The van der Waals surface area contributed by atoms with Crippen molar-refractivity contribution in [2.75, 3.05) is 23.7 Å². The third-order valence-electron chi connectivity index (χ3n) is 5.24. The molecule has 3 aliphatic rings. The average Bonchev–Trinajstić information content (AvgIpc) is 3.22. The van der Waals surface area contributed by atoms with Crippen molar-refractivity contribution in [3.05, 3.63) is 18.0 Å². The third kappa shape index (κ3) is 2.26. The van der Waals surface area contributed by atoms with E-state index in [1.807, 2.05) is 11.0 Å². The molecular formula is C16H20FN5O. The van der Waals surface area contributed by atoms with Crippen molar-refractivity contribution in [2.45, 2.75) is 37.5 Å². The molecule has 3 fully saturated rings. The molecule has 1 aliphatic carbocycles. The van der Waals surface area contributed by atoms with E-state index >= 15 is 0 Å². The van der Waals surface area contributed by atoms with Crippen molar-refractivity contribution in [3.63, 3.8) is 0 Å². The summed E-state index contributed by atoms with van der Waals surface area (Å²) in [6, 6.07) is 2.12. The van der Waals surface area contributed by atoms with Gasteiger partial charge in [-0.05, 0) is 25.3 Å². The Morgan fingerprint density at radius 3 is 2.61 bits per heavy atom. The number of fused-ring (bicyclic) bond motifs is 2. The van der Waals surface area contributed by atoms with Crippen molar-refractivity contribution >= 4 is 23.5 Å². The lowest BCUT2D eigenvalue weighted by Crippen LogP contribution is -2.56. The highest BCUT2D eigenvalue weighted by Gasteiger charge is 2.51. The van der Waals surface area contributed by atoms with E-state index in [1.165, 1.54) is 0 Å². The van der Waals surface area contributed by atoms with Crippen LogP contribution in [-0.2, 0) is 4.79 Å². The molecule has 0 spiro atoms. The topological polar surface area (TPSA) is 86.3 Å². The van der Waals surface area contributed by atoms with Gasteiger partial charge in [0, 0.05) is 37.6 Å². The highest BCUT2D eigenvalue weighted by molar-refractivity contribution is 5.88. The van der Waals surface area contributed by atoms with E-state index in [4.69, 9.17) is 11.1 Å². The average molecular weight is 317 g/mol. The summed E-state index contributed by atoms with van der Waals surface area (Å²) in [6.07, 6.45) is 4.17. The Morgan fingerprint density at radius 1 is 1.39 bits per heavy atom. The molecule has 23 heavy (non-hydrogen) atoms. The summed E-state index contributed by atoms with van der Waals surface area (Å²) < 4.78 is 13.2. The first-order valence-corrected chi connectivity index (χ1v) is 8.06. The number of carbonyl (C=O) groups excluding carboxylic acids is 1. The number of pyridine rings is 1. The molecule has 2 saturated heterocycles. The summed E-state index contributed by atoms with van der Waals surface area (Å²) in [5, 5.41) is 7.37.